The maximum Gasteiger partial charge on any atom is 0.328 e. The molecule has 1 aliphatic rings. The van der Waals surface area contributed by atoms with Gasteiger partial charge in [-0.05, 0) is 55.3 Å². The van der Waals surface area contributed by atoms with Gasteiger partial charge in [-0.2, -0.15) is 5.26 Å². The fourth-order valence-corrected chi connectivity index (χ4v) is 4.66. The Morgan fingerprint density at radius 3 is 2.47 bits per heavy atom. The number of hydrogen-bond donors (Lipinski definition) is 2. The van der Waals surface area contributed by atoms with Crippen LogP contribution in [-0.2, 0) is 4.79 Å². The van der Waals surface area contributed by atoms with Crippen molar-refractivity contribution in [3.05, 3.63) is 28.2 Å². The maximum absolute atomic E-state index is 13.6. The Balaban J connectivity index is 2.30. The molecule has 0 bridgehead atoms. The second kappa shape index (κ2) is 10.5. The third-order valence-electron chi connectivity index (χ3n) is 6.09. The van der Waals surface area contributed by atoms with E-state index < -0.39 is 6.03 Å². The highest BCUT2D eigenvalue weighted by atomic mass is 35.5. The van der Waals surface area contributed by atoms with Gasteiger partial charge in [-0.3, -0.25) is 4.79 Å². The number of nitrogens with one attached hydrogen (secondary N) is 2. The maximum atomic E-state index is 13.6. The SMILES string of the molecule is CCC(C#N)CCC(C)(C)[C@@H]1CNC[C@@H]1C(=O)N(C(=O)NC)c1cc(Cl)cc(Cl)c1. The zero-order valence-corrected chi connectivity index (χ0v) is 19.5. The molecule has 0 aromatic heterocycles. The standard InChI is InChI=1S/C22H30Cl2N4O2/c1-5-14(11-25)6-7-22(2,3)19-13-27-12-18(19)20(29)28(21(30)26-4)17-9-15(23)8-16(24)10-17/h8-10,14,18-19,27H,5-7,12-13H2,1-4H3,(H,26,30)/t14?,18-,19+/m0/s1. The first-order valence-corrected chi connectivity index (χ1v) is 11.0. The van der Waals surface area contributed by atoms with Gasteiger partial charge in [0.2, 0.25) is 5.91 Å². The number of benzene rings is 1. The number of anilines is 1. The van der Waals surface area contributed by atoms with Crippen molar-refractivity contribution < 1.29 is 9.59 Å². The van der Waals surface area contributed by atoms with Crippen LogP contribution in [-0.4, -0.2) is 32.1 Å². The number of carbonyl (C=O) groups excluding carboxylic acids is 2. The van der Waals surface area contributed by atoms with Crippen molar-refractivity contribution >= 4 is 40.8 Å². The summed E-state index contributed by atoms with van der Waals surface area (Å²) in [5.74, 6) is -0.618. The van der Waals surface area contributed by atoms with Gasteiger partial charge < -0.3 is 10.6 Å². The van der Waals surface area contributed by atoms with Crippen molar-refractivity contribution in [3.63, 3.8) is 0 Å². The number of amides is 3. The highest BCUT2D eigenvalue weighted by Gasteiger charge is 2.45. The Hall–Kier alpha value is -1.81. The zero-order chi connectivity index (χ0) is 22.5. The van der Waals surface area contributed by atoms with Crippen LogP contribution in [0.2, 0.25) is 10.0 Å². The van der Waals surface area contributed by atoms with E-state index >= 15 is 0 Å². The van der Waals surface area contributed by atoms with Crippen molar-refractivity contribution in [3.8, 4) is 6.07 Å². The summed E-state index contributed by atoms with van der Waals surface area (Å²) in [7, 11) is 1.48. The second-order valence-corrected chi connectivity index (χ2v) is 9.36. The molecule has 1 saturated heterocycles. The van der Waals surface area contributed by atoms with Crippen LogP contribution in [0.4, 0.5) is 10.5 Å². The van der Waals surface area contributed by atoms with Crippen LogP contribution in [0.3, 0.4) is 0 Å². The zero-order valence-electron chi connectivity index (χ0n) is 18.0. The number of nitrogens with zero attached hydrogens (tertiary/aromatic N) is 2. The molecule has 3 amide bonds. The number of halogens is 2. The van der Waals surface area contributed by atoms with E-state index in [9.17, 15) is 14.9 Å². The molecule has 0 radical (unpaired) electrons. The van der Waals surface area contributed by atoms with Crippen molar-refractivity contribution in [2.24, 2.45) is 23.2 Å². The number of nitriles is 1. The van der Waals surface area contributed by atoms with Crippen LogP contribution in [0.1, 0.15) is 40.0 Å². The molecule has 1 heterocycles. The molecule has 0 saturated carbocycles. The average molecular weight is 453 g/mol. The largest absolute Gasteiger partial charge is 0.340 e. The summed E-state index contributed by atoms with van der Waals surface area (Å²) in [6.07, 6.45) is 2.44. The normalized spacial score (nSPS) is 19.8. The van der Waals surface area contributed by atoms with Gasteiger partial charge in [0.05, 0.1) is 17.7 Å². The molecule has 6 nitrogen and oxygen atoms in total. The first-order valence-electron chi connectivity index (χ1n) is 10.3. The molecule has 8 heteroatoms. The van der Waals surface area contributed by atoms with Crippen molar-refractivity contribution in [2.45, 2.75) is 40.0 Å². The molecule has 0 aliphatic carbocycles. The molecule has 1 aliphatic heterocycles. The Morgan fingerprint density at radius 2 is 1.93 bits per heavy atom. The van der Waals surface area contributed by atoms with Crippen LogP contribution in [0, 0.1) is 34.5 Å². The van der Waals surface area contributed by atoms with Gasteiger partial charge in [0.25, 0.3) is 0 Å². The molecular weight excluding hydrogens is 423 g/mol. The van der Waals surface area contributed by atoms with E-state index in [-0.39, 0.29) is 29.1 Å². The van der Waals surface area contributed by atoms with Crippen LogP contribution < -0.4 is 15.5 Å². The third-order valence-corrected chi connectivity index (χ3v) is 6.53. The fraction of sp³-hybridized carbons (Fsp3) is 0.591. The van der Waals surface area contributed by atoms with Crippen LogP contribution in [0.15, 0.2) is 18.2 Å². The molecule has 2 N–H and O–H groups in total. The molecule has 1 aromatic carbocycles. The van der Waals surface area contributed by atoms with Gasteiger partial charge in [0.1, 0.15) is 0 Å². The molecule has 1 fully saturated rings. The smallest absolute Gasteiger partial charge is 0.328 e. The van der Waals surface area contributed by atoms with Gasteiger partial charge >= 0.3 is 6.03 Å². The quantitative estimate of drug-likeness (QED) is 0.618. The van der Waals surface area contributed by atoms with Gasteiger partial charge in [-0.15, -0.1) is 0 Å². The molecule has 0 spiro atoms. The van der Waals surface area contributed by atoms with Gasteiger partial charge in [-0.1, -0.05) is 44.0 Å². The first kappa shape index (κ1) is 24.5. The van der Waals surface area contributed by atoms with Crippen molar-refractivity contribution in [2.75, 3.05) is 25.0 Å². The third kappa shape index (κ3) is 5.66. The average Bonchev–Trinajstić information content (AvgIpc) is 3.19. The fourth-order valence-electron chi connectivity index (χ4n) is 4.14. The topological polar surface area (TPSA) is 85.2 Å². The summed E-state index contributed by atoms with van der Waals surface area (Å²) in [6, 6.07) is 6.49. The van der Waals surface area contributed by atoms with E-state index in [0.717, 1.165) is 24.2 Å². The van der Waals surface area contributed by atoms with Crippen molar-refractivity contribution in [1.82, 2.24) is 10.6 Å². The second-order valence-electron chi connectivity index (χ2n) is 8.49. The molecule has 1 aromatic rings. The minimum absolute atomic E-state index is 0.0174. The van der Waals surface area contributed by atoms with E-state index in [1.165, 1.54) is 7.05 Å². The molecule has 1 unspecified atom stereocenters. The predicted octanol–water partition coefficient (Wildman–Crippen LogP) is 4.86. The lowest BCUT2D eigenvalue weighted by molar-refractivity contribution is -0.123. The number of imide groups is 1. The lowest BCUT2D eigenvalue weighted by atomic mass is 9.69. The number of rotatable bonds is 7. The predicted molar refractivity (Wildman–Crippen MR) is 121 cm³/mol. The number of carbonyl (C=O) groups is 2. The molecule has 2 rings (SSSR count). The van der Waals surface area contributed by atoms with Crippen LogP contribution in [0.5, 0.6) is 0 Å². The van der Waals surface area contributed by atoms with Gasteiger partial charge in [-0.25, -0.2) is 9.69 Å². The van der Waals surface area contributed by atoms with Crippen LogP contribution in [0.25, 0.3) is 0 Å². The van der Waals surface area contributed by atoms with Gasteiger partial charge in [0, 0.05) is 29.6 Å². The first-order chi connectivity index (χ1) is 14.1. The van der Waals surface area contributed by atoms with Crippen molar-refractivity contribution in [1.29, 1.82) is 5.26 Å². The minimum Gasteiger partial charge on any atom is -0.340 e. The Kier molecular flexibility index (Phi) is 8.54. The summed E-state index contributed by atoms with van der Waals surface area (Å²) in [5, 5.41) is 15.8. The summed E-state index contributed by atoms with van der Waals surface area (Å²) < 4.78 is 0. The Labute approximate surface area is 188 Å². The Bertz CT molecular complexity index is 802. The Morgan fingerprint density at radius 1 is 1.30 bits per heavy atom. The van der Waals surface area contributed by atoms with E-state index in [1.54, 1.807) is 18.2 Å². The monoisotopic (exact) mass is 452 g/mol. The lowest BCUT2D eigenvalue weighted by Crippen LogP contribution is -2.48. The van der Waals surface area contributed by atoms with Gasteiger partial charge in [0.15, 0.2) is 0 Å². The van der Waals surface area contributed by atoms with E-state index in [0.29, 0.717) is 28.8 Å². The summed E-state index contributed by atoms with van der Waals surface area (Å²) in [6.45, 7) is 7.46. The molecular formula is C22H30Cl2N4O2. The highest BCUT2D eigenvalue weighted by Crippen LogP contribution is 2.41. The summed E-state index contributed by atoms with van der Waals surface area (Å²) >= 11 is 12.2. The number of urea groups is 1. The molecule has 3 atom stereocenters. The van der Waals surface area contributed by atoms with E-state index in [2.05, 4.69) is 30.6 Å². The minimum atomic E-state index is -0.530. The number of hydrogen-bond acceptors (Lipinski definition) is 4. The highest BCUT2D eigenvalue weighted by molar-refractivity contribution is 6.35. The summed E-state index contributed by atoms with van der Waals surface area (Å²) in [5.41, 5.74) is 0.171. The lowest BCUT2D eigenvalue weighted by Gasteiger charge is -2.36. The van der Waals surface area contributed by atoms with E-state index in [4.69, 9.17) is 23.2 Å². The van der Waals surface area contributed by atoms with Crippen LogP contribution >= 0.6 is 23.2 Å². The molecule has 30 heavy (non-hydrogen) atoms. The van der Waals surface area contributed by atoms with E-state index in [1.807, 2.05) is 6.92 Å². The molecule has 164 valence electrons. The summed E-state index contributed by atoms with van der Waals surface area (Å²) in [4.78, 5) is 27.3.